The summed E-state index contributed by atoms with van der Waals surface area (Å²) in [5, 5.41) is 4.99. The Bertz CT molecular complexity index is 753. The summed E-state index contributed by atoms with van der Waals surface area (Å²) in [6, 6.07) is 20.1. The third kappa shape index (κ3) is 1.76. The van der Waals surface area contributed by atoms with E-state index >= 15 is 0 Å². The van der Waals surface area contributed by atoms with Crippen molar-refractivity contribution in [1.82, 2.24) is 9.88 Å². The Kier molecular flexibility index (Phi) is 2.64. The minimum absolute atomic E-state index is 0.303. The van der Waals surface area contributed by atoms with Gasteiger partial charge in [-0.2, -0.15) is 0 Å². The zero-order chi connectivity index (χ0) is 13.5. The van der Waals surface area contributed by atoms with Crippen molar-refractivity contribution in [3.63, 3.8) is 0 Å². The Hall–Kier alpha value is -2.06. The predicted molar refractivity (Wildman–Crippen MR) is 83.0 cm³/mol. The molecule has 0 bridgehead atoms. The van der Waals surface area contributed by atoms with E-state index < -0.39 is 0 Å². The van der Waals surface area contributed by atoms with Crippen LogP contribution in [0.1, 0.15) is 22.9 Å². The zero-order valence-electron chi connectivity index (χ0n) is 11.6. The third-order valence-electron chi connectivity index (χ3n) is 4.23. The maximum absolute atomic E-state index is 3.65. The van der Waals surface area contributed by atoms with Crippen molar-refractivity contribution in [2.24, 2.45) is 0 Å². The molecule has 1 unspecified atom stereocenters. The fourth-order valence-corrected chi connectivity index (χ4v) is 3.19. The number of nitrogens with zero attached hydrogens (tertiary/aromatic N) is 1. The molecule has 0 saturated heterocycles. The van der Waals surface area contributed by atoms with E-state index in [0.29, 0.717) is 6.04 Å². The summed E-state index contributed by atoms with van der Waals surface area (Å²) in [6.07, 6.45) is 0. The summed E-state index contributed by atoms with van der Waals surface area (Å²) in [5.74, 6) is 0. The quantitative estimate of drug-likeness (QED) is 0.708. The Morgan fingerprint density at radius 2 is 1.85 bits per heavy atom. The number of hydrogen-bond acceptors (Lipinski definition) is 1. The molecule has 1 aliphatic rings. The molecule has 3 aromatic rings. The molecule has 0 fully saturated rings. The summed E-state index contributed by atoms with van der Waals surface area (Å²) in [4.78, 5) is 0. The molecular weight excluding hydrogens is 244 g/mol. The molecule has 1 atom stereocenters. The zero-order valence-corrected chi connectivity index (χ0v) is 11.6. The van der Waals surface area contributed by atoms with Gasteiger partial charge in [-0.3, -0.25) is 0 Å². The van der Waals surface area contributed by atoms with Crippen LogP contribution in [0.2, 0.25) is 0 Å². The number of aryl methyl sites for hydroxylation is 1. The first-order valence-corrected chi connectivity index (χ1v) is 7.21. The first kappa shape index (κ1) is 11.7. The van der Waals surface area contributed by atoms with Gasteiger partial charge in [-0.15, -0.1) is 0 Å². The third-order valence-corrected chi connectivity index (χ3v) is 4.23. The average Bonchev–Trinajstić information content (AvgIpc) is 2.87. The predicted octanol–water partition coefficient (Wildman–Crippen LogP) is 3.64. The van der Waals surface area contributed by atoms with Crippen LogP contribution in [-0.4, -0.2) is 11.1 Å². The summed E-state index contributed by atoms with van der Waals surface area (Å²) in [5.41, 5.74) is 5.38. The van der Waals surface area contributed by atoms with Crippen molar-refractivity contribution in [1.29, 1.82) is 0 Å². The average molecular weight is 262 g/mol. The summed E-state index contributed by atoms with van der Waals surface area (Å²) in [6.45, 7) is 4.20. The van der Waals surface area contributed by atoms with Gasteiger partial charge in [0, 0.05) is 24.3 Å². The number of para-hydroxylation sites is 1. The number of nitrogens with one attached hydrogen (secondary N) is 1. The van der Waals surface area contributed by atoms with Gasteiger partial charge in [-0.05, 0) is 30.0 Å². The topological polar surface area (TPSA) is 17.0 Å². The first-order valence-electron chi connectivity index (χ1n) is 7.21. The molecule has 100 valence electrons. The van der Waals surface area contributed by atoms with Crippen molar-refractivity contribution < 1.29 is 0 Å². The Labute approximate surface area is 119 Å². The highest BCUT2D eigenvalue weighted by atomic mass is 15.1. The Balaban J connectivity index is 1.87. The number of fused-ring (bicyclic) bond motifs is 3. The van der Waals surface area contributed by atoms with Crippen molar-refractivity contribution in [3.8, 4) is 0 Å². The van der Waals surface area contributed by atoms with Crippen LogP contribution in [0.25, 0.3) is 10.9 Å². The number of aromatic nitrogens is 1. The van der Waals surface area contributed by atoms with Crippen LogP contribution in [0.15, 0.2) is 54.6 Å². The van der Waals surface area contributed by atoms with E-state index in [1.165, 1.54) is 27.7 Å². The van der Waals surface area contributed by atoms with E-state index in [-0.39, 0.29) is 0 Å². The molecule has 4 rings (SSSR count). The minimum atomic E-state index is 0.303. The van der Waals surface area contributed by atoms with Gasteiger partial charge in [-0.1, -0.05) is 48.0 Å². The van der Waals surface area contributed by atoms with Crippen LogP contribution in [0.3, 0.4) is 0 Å². The highest BCUT2D eigenvalue weighted by molar-refractivity contribution is 5.81. The number of hydrogen-bond donors (Lipinski definition) is 1. The largest absolute Gasteiger partial charge is 0.341 e. The van der Waals surface area contributed by atoms with Gasteiger partial charge in [0.15, 0.2) is 0 Å². The SMILES string of the molecule is Cc1ccc(C2NCCn3c2cc2ccccc23)cc1. The molecule has 0 radical (unpaired) electrons. The maximum Gasteiger partial charge on any atom is 0.0732 e. The first-order chi connectivity index (χ1) is 9.83. The normalized spacial score (nSPS) is 18.1. The molecule has 1 N–H and O–H groups in total. The molecule has 0 aliphatic carbocycles. The fourth-order valence-electron chi connectivity index (χ4n) is 3.19. The fraction of sp³-hybridized carbons (Fsp3) is 0.222. The lowest BCUT2D eigenvalue weighted by Crippen LogP contribution is -2.33. The van der Waals surface area contributed by atoms with Gasteiger partial charge >= 0.3 is 0 Å². The molecule has 0 spiro atoms. The summed E-state index contributed by atoms with van der Waals surface area (Å²) in [7, 11) is 0. The van der Waals surface area contributed by atoms with Crippen LogP contribution in [-0.2, 0) is 6.54 Å². The smallest absolute Gasteiger partial charge is 0.0732 e. The molecule has 2 aromatic carbocycles. The number of benzene rings is 2. The number of rotatable bonds is 1. The van der Waals surface area contributed by atoms with Crippen LogP contribution < -0.4 is 5.32 Å². The van der Waals surface area contributed by atoms with E-state index in [9.17, 15) is 0 Å². The van der Waals surface area contributed by atoms with E-state index in [2.05, 4.69) is 71.4 Å². The summed E-state index contributed by atoms with van der Waals surface area (Å²) >= 11 is 0. The van der Waals surface area contributed by atoms with Crippen LogP contribution in [0, 0.1) is 6.92 Å². The van der Waals surface area contributed by atoms with Gasteiger partial charge in [0.25, 0.3) is 0 Å². The second kappa shape index (κ2) is 4.50. The molecule has 2 heterocycles. The van der Waals surface area contributed by atoms with Gasteiger partial charge in [0.1, 0.15) is 0 Å². The standard InChI is InChI=1S/C18H18N2/c1-13-6-8-14(9-7-13)18-17-12-15-4-2-3-5-16(15)20(17)11-10-19-18/h2-9,12,18-19H,10-11H2,1H3. The minimum Gasteiger partial charge on any atom is -0.341 e. The van der Waals surface area contributed by atoms with E-state index in [1.807, 2.05) is 0 Å². The van der Waals surface area contributed by atoms with Gasteiger partial charge in [-0.25, -0.2) is 0 Å². The van der Waals surface area contributed by atoms with Crippen LogP contribution in [0.5, 0.6) is 0 Å². The molecular formula is C18H18N2. The lowest BCUT2D eigenvalue weighted by atomic mass is 10.0. The molecule has 2 heteroatoms. The molecule has 20 heavy (non-hydrogen) atoms. The van der Waals surface area contributed by atoms with Crippen molar-refractivity contribution in [3.05, 3.63) is 71.4 Å². The van der Waals surface area contributed by atoms with Gasteiger partial charge in [0.2, 0.25) is 0 Å². The second-order valence-corrected chi connectivity index (χ2v) is 5.58. The van der Waals surface area contributed by atoms with Crippen molar-refractivity contribution in [2.45, 2.75) is 19.5 Å². The lowest BCUT2D eigenvalue weighted by molar-refractivity contribution is 0.475. The van der Waals surface area contributed by atoms with Crippen molar-refractivity contribution >= 4 is 10.9 Å². The van der Waals surface area contributed by atoms with E-state index in [4.69, 9.17) is 0 Å². The molecule has 0 saturated carbocycles. The maximum atomic E-state index is 3.65. The summed E-state index contributed by atoms with van der Waals surface area (Å²) < 4.78 is 2.45. The Morgan fingerprint density at radius 1 is 1.05 bits per heavy atom. The second-order valence-electron chi connectivity index (χ2n) is 5.58. The van der Waals surface area contributed by atoms with Gasteiger partial charge in [0.05, 0.1) is 6.04 Å². The Morgan fingerprint density at radius 3 is 2.70 bits per heavy atom. The highest BCUT2D eigenvalue weighted by Gasteiger charge is 2.23. The lowest BCUT2D eigenvalue weighted by Gasteiger charge is -2.27. The molecule has 2 nitrogen and oxygen atoms in total. The monoisotopic (exact) mass is 262 g/mol. The van der Waals surface area contributed by atoms with Crippen LogP contribution >= 0.6 is 0 Å². The van der Waals surface area contributed by atoms with Gasteiger partial charge < -0.3 is 9.88 Å². The van der Waals surface area contributed by atoms with E-state index in [1.54, 1.807) is 0 Å². The van der Waals surface area contributed by atoms with Crippen LogP contribution in [0.4, 0.5) is 0 Å². The van der Waals surface area contributed by atoms with Crippen molar-refractivity contribution in [2.75, 3.05) is 6.54 Å². The highest BCUT2D eigenvalue weighted by Crippen LogP contribution is 2.30. The molecule has 0 amide bonds. The molecule has 1 aliphatic heterocycles. The van der Waals surface area contributed by atoms with E-state index in [0.717, 1.165) is 13.1 Å². The molecule has 1 aromatic heterocycles.